The summed E-state index contributed by atoms with van der Waals surface area (Å²) in [5.74, 6) is -0.333. The topological polar surface area (TPSA) is 58.6 Å². The van der Waals surface area contributed by atoms with Crippen molar-refractivity contribution in [3.63, 3.8) is 0 Å². The highest BCUT2D eigenvalue weighted by Crippen LogP contribution is 2.32. The number of carbonyl (C=O) groups is 1. The highest BCUT2D eigenvalue weighted by molar-refractivity contribution is 5.89. The van der Waals surface area contributed by atoms with Gasteiger partial charge in [0.15, 0.2) is 0 Å². The Hall–Kier alpha value is -1.71. The molecule has 0 fully saturated rings. The lowest BCUT2D eigenvalue weighted by Gasteiger charge is -2.33. The molecule has 0 aromatic heterocycles. The van der Waals surface area contributed by atoms with Gasteiger partial charge in [0.25, 0.3) is 0 Å². The fourth-order valence-electron chi connectivity index (χ4n) is 1.54. The maximum absolute atomic E-state index is 10.7. The zero-order chi connectivity index (χ0) is 11.1. The Kier molecular flexibility index (Phi) is 2.07. The molecule has 0 atom stereocenters. The van der Waals surface area contributed by atoms with Gasteiger partial charge in [-0.05, 0) is 32.0 Å². The number of carboxylic acids is 1. The predicted molar refractivity (Wildman–Crippen MR) is 56.6 cm³/mol. The molecule has 0 aliphatic carbocycles. The molecule has 4 heteroatoms. The summed E-state index contributed by atoms with van der Waals surface area (Å²) in [5, 5.41) is 12.1. The van der Waals surface area contributed by atoms with E-state index in [4.69, 9.17) is 9.84 Å². The molecule has 0 saturated carbocycles. The monoisotopic (exact) mass is 207 g/mol. The van der Waals surface area contributed by atoms with E-state index in [1.165, 1.54) is 0 Å². The lowest BCUT2D eigenvalue weighted by molar-refractivity contribution is 0.0696. The molecular weight excluding hydrogens is 194 g/mol. The van der Waals surface area contributed by atoms with Gasteiger partial charge in [0.2, 0.25) is 0 Å². The minimum absolute atomic E-state index is 0.113. The quantitative estimate of drug-likeness (QED) is 0.739. The van der Waals surface area contributed by atoms with E-state index in [1.807, 2.05) is 13.8 Å². The lowest BCUT2D eigenvalue weighted by Crippen LogP contribution is -2.40. The largest absolute Gasteiger partial charge is 0.489 e. The summed E-state index contributed by atoms with van der Waals surface area (Å²) in [4.78, 5) is 10.7. The van der Waals surface area contributed by atoms with Gasteiger partial charge in [0, 0.05) is 0 Å². The van der Waals surface area contributed by atoms with Crippen LogP contribution >= 0.6 is 0 Å². The molecular formula is C11H13NO3. The number of hydrogen-bond acceptors (Lipinski definition) is 3. The first kappa shape index (κ1) is 9.83. The van der Waals surface area contributed by atoms with Crippen LogP contribution < -0.4 is 10.1 Å². The number of ether oxygens (including phenoxy) is 1. The van der Waals surface area contributed by atoms with Crippen LogP contribution in [0.15, 0.2) is 18.2 Å². The SMILES string of the molecule is CC1(C)COc2cc(C(=O)O)ccc2N1. The van der Waals surface area contributed by atoms with Crippen molar-refractivity contribution < 1.29 is 14.6 Å². The number of rotatable bonds is 1. The molecule has 1 heterocycles. The fourth-order valence-corrected chi connectivity index (χ4v) is 1.54. The predicted octanol–water partition coefficient (Wildman–Crippen LogP) is 1.97. The smallest absolute Gasteiger partial charge is 0.335 e. The van der Waals surface area contributed by atoms with Crippen LogP contribution in [0.3, 0.4) is 0 Å². The van der Waals surface area contributed by atoms with Gasteiger partial charge in [-0.15, -0.1) is 0 Å². The van der Waals surface area contributed by atoms with Crippen molar-refractivity contribution in [2.75, 3.05) is 11.9 Å². The van der Waals surface area contributed by atoms with Gasteiger partial charge in [0.1, 0.15) is 12.4 Å². The van der Waals surface area contributed by atoms with Crippen LogP contribution in [0, 0.1) is 0 Å². The molecule has 2 rings (SSSR count). The van der Waals surface area contributed by atoms with Crippen molar-refractivity contribution in [2.24, 2.45) is 0 Å². The van der Waals surface area contributed by atoms with Gasteiger partial charge in [-0.1, -0.05) is 0 Å². The summed E-state index contributed by atoms with van der Waals surface area (Å²) in [6.45, 7) is 4.59. The van der Waals surface area contributed by atoms with Gasteiger partial charge in [-0.2, -0.15) is 0 Å². The van der Waals surface area contributed by atoms with Gasteiger partial charge in [0.05, 0.1) is 16.8 Å². The van der Waals surface area contributed by atoms with Crippen LogP contribution in [0.1, 0.15) is 24.2 Å². The minimum atomic E-state index is -0.939. The molecule has 1 aliphatic heterocycles. The van der Waals surface area contributed by atoms with E-state index in [1.54, 1.807) is 18.2 Å². The first-order valence-electron chi connectivity index (χ1n) is 4.76. The average Bonchev–Trinajstić information content (AvgIpc) is 2.15. The van der Waals surface area contributed by atoms with Crippen molar-refractivity contribution in [1.82, 2.24) is 0 Å². The van der Waals surface area contributed by atoms with Crippen molar-refractivity contribution in [2.45, 2.75) is 19.4 Å². The van der Waals surface area contributed by atoms with E-state index in [0.717, 1.165) is 5.69 Å². The first-order chi connectivity index (χ1) is 6.98. The third-order valence-corrected chi connectivity index (χ3v) is 2.29. The average molecular weight is 207 g/mol. The van der Waals surface area contributed by atoms with E-state index in [2.05, 4.69) is 5.32 Å². The van der Waals surface area contributed by atoms with E-state index in [-0.39, 0.29) is 11.1 Å². The van der Waals surface area contributed by atoms with Gasteiger partial charge in [-0.3, -0.25) is 0 Å². The van der Waals surface area contributed by atoms with Crippen LogP contribution in [0.5, 0.6) is 5.75 Å². The second-order valence-electron chi connectivity index (χ2n) is 4.31. The molecule has 0 amide bonds. The summed E-state index contributed by atoms with van der Waals surface area (Å²) in [6.07, 6.45) is 0. The summed E-state index contributed by atoms with van der Waals surface area (Å²) >= 11 is 0. The van der Waals surface area contributed by atoms with Gasteiger partial charge >= 0.3 is 5.97 Å². The Morgan fingerprint density at radius 3 is 2.93 bits per heavy atom. The van der Waals surface area contributed by atoms with E-state index < -0.39 is 5.97 Å². The molecule has 0 unspecified atom stereocenters. The second-order valence-corrected chi connectivity index (χ2v) is 4.31. The lowest BCUT2D eigenvalue weighted by atomic mass is 10.0. The number of carboxylic acid groups (broad SMARTS) is 1. The summed E-state index contributed by atoms with van der Waals surface area (Å²) < 4.78 is 5.50. The number of anilines is 1. The highest BCUT2D eigenvalue weighted by atomic mass is 16.5. The molecule has 0 radical (unpaired) electrons. The highest BCUT2D eigenvalue weighted by Gasteiger charge is 2.25. The van der Waals surface area contributed by atoms with Crippen molar-refractivity contribution >= 4 is 11.7 Å². The molecule has 0 bridgehead atoms. The summed E-state index contributed by atoms with van der Waals surface area (Å²) in [7, 11) is 0. The second kappa shape index (κ2) is 3.15. The van der Waals surface area contributed by atoms with Crippen molar-refractivity contribution in [1.29, 1.82) is 0 Å². The van der Waals surface area contributed by atoms with Crippen molar-refractivity contribution in [3.05, 3.63) is 23.8 Å². The standard InChI is InChI=1S/C11H13NO3/c1-11(2)6-15-9-5-7(10(13)14)3-4-8(9)12-11/h3-5,12H,6H2,1-2H3,(H,13,14). The zero-order valence-electron chi connectivity index (χ0n) is 8.70. The first-order valence-corrected chi connectivity index (χ1v) is 4.76. The third-order valence-electron chi connectivity index (χ3n) is 2.29. The zero-order valence-corrected chi connectivity index (χ0v) is 8.70. The molecule has 0 saturated heterocycles. The third kappa shape index (κ3) is 1.88. The van der Waals surface area contributed by atoms with Crippen LogP contribution in [-0.4, -0.2) is 23.2 Å². The molecule has 15 heavy (non-hydrogen) atoms. The number of aromatic carboxylic acids is 1. The summed E-state index contributed by atoms with van der Waals surface area (Å²) in [6, 6.07) is 4.85. The molecule has 1 aliphatic rings. The van der Waals surface area contributed by atoms with Crippen molar-refractivity contribution in [3.8, 4) is 5.75 Å². The number of hydrogen-bond donors (Lipinski definition) is 2. The van der Waals surface area contributed by atoms with Crippen LogP contribution in [0.25, 0.3) is 0 Å². The fraction of sp³-hybridized carbons (Fsp3) is 0.364. The minimum Gasteiger partial charge on any atom is -0.489 e. The molecule has 1 aromatic rings. The van der Waals surface area contributed by atoms with E-state index >= 15 is 0 Å². The number of benzene rings is 1. The van der Waals surface area contributed by atoms with E-state index in [9.17, 15) is 4.79 Å². The van der Waals surface area contributed by atoms with Crippen LogP contribution in [0.2, 0.25) is 0 Å². The summed E-state index contributed by atoms with van der Waals surface area (Å²) in [5.41, 5.74) is 0.976. The Bertz CT molecular complexity index is 412. The van der Waals surface area contributed by atoms with Gasteiger partial charge in [-0.25, -0.2) is 4.79 Å². The number of fused-ring (bicyclic) bond motifs is 1. The Morgan fingerprint density at radius 2 is 2.27 bits per heavy atom. The Morgan fingerprint density at radius 1 is 1.53 bits per heavy atom. The molecule has 1 aromatic carbocycles. The van der Waals surface area contributed by atoms with Gasteiger partial charge < -0.3 is 15.2 Å². The maximum atomic E-state index is 10.7. The van der Waals surface area contributed by atoms with E-state index in [0.29, 0.717) is 12.4 Å². The molecule has 0 spiro atoms. The molecule has 4 nitrogen and oxygen atoms in total. The number of nitrogens with one attached hydrogen (secondary N) is 1. The Balaban J connectivity index is 2.36. The molecule has 80 valence electrons. The van der Waals surface area contributed by atoms with Crippen LogP contribution in [-0.2, 0) is 0 Å². The maximum Gasteiger partial charge on any atom is 0.335 e. The molecule has 2 N–H and O–H groups in total. The normalized spacial score (nSPS) is 17.2. The Labute approximate surface area is 87.9 Å². The van der Waals surface area contributed by atoms with Crippen LogP contribution in [0.4, 0.5) is 5.69 Å².